The first-order chi connectivity index (χ1) is 9.99. The molecule has 3 heteroatoms. The molecule has 0 aliphatic carbocycles. The molecule has 0 amide bonds. The standard InChI is InChI=1S/C18H27NO2/c1-13(2)17(11-15-8-5-4-7-14(15)3)19-10-6-9-16(12-19)18(20)21/h4-5,7-8,13,16-17H,6,9-12H2,1-3H3,(H,20,21). The Balaban J connectivity index is 2.12. The third-order valence-electron chi connectivity index (χ3n) is 4.73. The monoisotopic (exact) mass is 289 g/mol. The summed E-state index contributed by atoms with van der Waals surface area (Å²) < 4.78 is 0. The number of aliphatic carboxylic acids is 1. The fraction of sp³-hybridized carbons (Fsp3) is 0.611. The largest absolute Gasteiger partial charge is 0.481 e. The number of piperidine rings is 1. The summed E-state index contributed by atoms with van der Waals surface area (Å²) in [6.07, 6.45) is 2.83. The lowest BCUT2D eigenvalue weighted by molar-refractivity contribution is -0.144. The van der Waals surface area contributed by atoms with Gasteiger partial charge >= 0.3 is 5.97 Å². The molecule has 1 saturated heterocycles. The molecule has 1 heterocycles. The van der Waals surface area contributed by atoms with Gasteiger partial charge in [0.1, 0.15) is 0 Å². The number of rotatable bonds is 5. The quantitative estimate of drug-likeness (QED) is 0.903. The number of carboxylic acid groups (broad SMARTS) is 1. The number of hydrogen-bond donors (Lipinski definition) is 1. The van der Waals surface area contributed by atoms with Crippen molar-refractivity contribution in [2.45, 2.75) is 46.1 Å². The molecule has 1 aromatic carbocycles. The van der Waals surface area contributed by atoms with Crippen LogP contribution >= 0.6 is 0 Å². The number of likely N-dealkylation sites (tertiary alicyclic amines) is 1. The van der Waals surface area contributed by atoms with Crippen LogP contribution < -0.4 is 0 Å². The van der Waals surface area contributed by atoms with Gasteiger partial charge in [0.25, 0.3) is 0 Å². The summed E-state index contributed by atoms with van der Waals surface area (Å²) in [6, 6.07) is 8.94. The van der Waals surface area contributed by atoms with Gasteiger partial charge in [-0.1, -0.05) is 38.1 Å². The molecule has 0 radical (unpaired) electrons. The maximum atomic E-state index is 11.3. The predicted molar refractivity (Wildman–Crippen MR) is 85.4 cm³/mol. The average molecular weight is 289 g/mol. The van der Waals surface area contributed by atoms with Crippen LogP contribution in [0.2, 0.25) is 0 Å². The van der Waals surface area contributed by atoms with Gasteiger partial charge in [-0.2, -0.15) is 0 Å². The van der Waals surface area contributed by atoms with Gasteiger partial charge in [-0.15, -0.1) is 0 Å². The normalized spacial score (nSPS) is 21.4. The number of carbonyl (C=O) groups is 1. The molecule has 0 aromatic heterocycles. The minimum Gasteiger partial charge on any atom is -0.481 e. The van der Waals surface area contributed by atoms with Crippen molar-refractivity contribution in [2.75, 3.05) is 13.1 Å². The molecule has 3 nitrogen and oxygen atoms in total. The number of aryl methyl sites for hydroxylation is 1. The third kappa shape index (κ3) is 4.07. The van der Waals surface area contributed by atoms with Crippen molar-refractivity contribution in [3.8, 4) is 0 Å². The van der Waals surface area contributed by atoms with E-state index in [1.165, 1.54) is 11.1 Å². The van der Waals surface area contributed by atoms with E-state index in [0.29, 0.717) is 18.5 Å². The number of nitrogens with zero attached hydrogens (tertiary/aromatic N) is 1. The van der Waals surface area contributed by atoms with E-state index in [1.54, 1.807) is 0 Å². The first kappa shape index (κ1) is 16.0. The smallest absolute Gasteiger partial charge is 0.307 e. The molecule has 2 rings (SSSR count). The molecule has 116 valence electrons. The Morgan fingerprint density at radius 1 is 1.38 bits per heavy atom. The summed E-state index contributed by atoms with van der Waals surface area (Å²) in [5.74, 6) is -0.313. The van der Waals surface area contributed by atoms with Crippen LogP contribution in [0, 0.1) is 18.8 Å². The van der Waals surface area contributed by atoms with E-state index in [-0.39, 0.29) is 5.92 Å². The lowest BCUT2D eigenvalue weighted by Gasteiger charge is -2.39. The number of carboxylic acids is 1. The van der Waals surface area contributed by atoms with Crippen LogP contribution in [-0.2, 0) is 11.2 Å². The van der Waals surface area contributed by atoms with Gasteiger partial charge in [0.15, 0.2) is 0 Å². The summed E-state index contributed by atoms with van der Waals surface area (Å²) >= 11 is 0. The van der Waals surface area contributed by atoms with E-state index in [0.717, 1.165) is 25.8 Å². The summed E-state index contributed by atoms with van der Waals surface area (Å²) in [5, 5.41) is 9.28. The van der Waals surface area contributed by atoms with Crippen LogP contribution in [0.3, 0.4) is 0 Å². The van der Waals surface area contributed by atoms with Crippen molar-refractivity contribution >= 4 is 5.97 Å². The van der Waals surface area contributed by atoms with Crippen molar-refractivity contribution in [2.24, 2.45) is 11.8 Å². The van der Waals surface area contributed by atoms with Gasteiger partial charge in [0.05, 0.1) is 5.92 Å². The van der Waals surface area contributed by atoms with Crippen LogP contribution in [-0.4, -0.2) is 35.1 Å². The van der Waals surface area contributed by atoms with Crippen LogP contribution in [0.1, 0.15) is 37.8 Å². The van der Waals surface area contributed by atoms with Crippen molar-refractivity contribution in [1.82, 2.24) is 4.90 Å². The lowest BCUT2D eigenvalue weighted by Crippen LogP contribution is -2.47. The SMILES string of the molecule is Cc1ccccc1CC(C(C)C)N1CCCC(C(=O)O)C1. The minimum absolute atomic E-state index is 0.197. The maximum Gasteiger partial charge on any atom is 0.307 e. The topological polar surface area (TPSA) is 40.5 Å². The molecular formula is C18H27NO2. The highest BCUT2D eigenvalue weighted by Crippen LogP contribution is 2.25. The minimum atomic E-state index is -0.641. The van der Waals surface area contributed by atoms with Crippen molar-refractivity contribution in [1.29, 1.82) is 0 Å². The van der Waals surface area contributed by atoms with Gasteiger partial charge in [0.2, 0.25) is 0 Å². The van der Waals surface area contributed by atoms with Gasteiger partial charge < -0.3 is 5.11 Å². The highest BCUT2D eigenvalue weighted by atomic mass is 16.4. The Labute approximate surface area is 128 Å². The number of benzene rings is 1. The molecule has 1 fully saturated rings. The molecule has 2 unspecified atom stereocenters. The number of hydrogen-bond acceptors (Lipinski definition) is 2. The van der Waals surface area contributed by atoms with Crippen LogP contribution in [0.4, 0.5) is 0 Å². The zero-order chi connectivity index (χ0) is 15.4. The second-order valence-electron chi connectivity index (χ2n) is 6.61. The maximum absolute atomic E-state index is 11.3. The Bertz CT molecular complexity index is 484. The highest BCUT2D eigenvalue weighted by molar-refractivity contribution is 5.70. The molecule has 1 aliphatic rings. The summed E-state index contributed by atoms with van der Waals surface area (Å²) in [5.41, 5.74) is 2.71. The van der Waals surface area contributed by atoms with Crippen LogP contribution in [0.25, 0.3) is 0 Å². The Hall–Kier alpha value is -1.35. The summed E-state index contributed by atoms with van der Waals surface area (Å²) in [6.45, 7) is 8.37. The highest BCUT2D eigenvalue weighted by Gasteiger charge is 2.31. The van der Waals surface area contributed by atoms with Crippen molar-refractivity contribution in [3.63, 3.8) is 0 Å². The molecule has 0 bridgehead atoms. The molecule has 21 heavy (non-hydrogen) atoms. The van der Waals surface area contributed by atoms with E-state index in [1.807, 2.05) is 0 Å². The summed E-state index contributed by atoms with van der Waals surface area (Å²) in [7, 11) is 0. The fourth-order valence-electron chi connectivity index (χ4n) is 3.36. The first-order valence-corrected chi connectivity index (χ1v) is 8.00. The first-order valence-electron chi connectivity index (χ1n) is 8.00. The van der Waals surface area contributed by atoms with E-state index < -0.39 is 5.97 Å². The Kier molecular flexibility index (Phi) is 5.40. The Morgan fingerprint density at radius 2 is 2.10 bits per heavy atom. The second kappa shape index (κ2) is 7.08. The molecular weight excluding hydrogens is 262 g/mol. The van der Waals surface area contributed by atoms with E-state index in [2.05, 4.69) is 49.9 Å². The Morgan fingerprint density at radius 3 is 2.71 bits per heavy atom. The summed E-state index contributed by atoms with van der Waals surface area (Å²) in [4.78, 5) is 13.7. The molecule has 1 aromatic rings. The second-order valence-corrected chi connectivity index (χ2v) is 6.61. The molecule has 0 saturated carbocycles. The third-order valence-corrected chi connectivity index (χ3v) is 4.73. The molecule has 1 N–H and O–H groups in total. The lowest BCUT2D eigenvalue weighted by atomic mass is 9.89. The molecule has 1 aliphatic heterocycles. The van der Waals surface area contributed by atoms with Gasteiger partial charge in [-0.25, -0.2) is 0 Å². The zero-order valence-electron chi connectivity index (χ0n) is 13.4. The molecule has 2 atom stereocenters. The van der Waals surface area contributed by atoms with Gasteiger partial charge in [0, 0.05) is 12.6 Å². The van der Waals surface area contributed by atoms with Gasteiger partial charge in [-0.3, -0.25) is 9.69 Å². The van der Waals surface area contributed by atoms with Crippen molar-refractivity contribution < 1.29 is 9.90 Å². The predicted octanol–water partition coefficient (Wildman–Crippen LogP) is 3.36. The zero-order valence-corrected chi connectivity index (χ0v) is 13.4. The average Bonchev–Trinajstić information content (AvgIpc) is 2.46. The van der Waals surface area contributed by atoms with Gasteiger partial charge in [-0.05, 0) is 49.8 Å². The van der Waals surface area contributed by atoms with E-state index >= 15 is 0 Å². The molecule has 0 spiro atoms. The van der Waals surface area contributed by atoms with Crippen LogP contribution in [0.15, 0.2) is 24.3 Å². The fourth-order valence-corrected chi connectivity index (χ4v) is 3.36. The van der Waals surface area contributed by atoms with E-state index in [9.17, 15) is 9.90 Å². The van der Waals surface area contributed by atoms with E-state index in [4.69, 9.17) is 0 Å². The van der Waals surface area contributed by atoms with Crippen molar-refractivity contribution in [3.05, 3.63) is 35.4 Å². The van der Waals surface area contributed by atoms with Crippen LogP contribution in [0.5, 0.6) is 0 Å².